The van der Waals surface area contributed by atoms with E-state index in [0.717, 1.165) is 0 Å². The van der Waals surface area contributed by atoms with E-state index in [2.05, 4.69) is 4.74 Å². The molecule has 1 amide bonds. The monoisotopic (exact) mass is 296 g/mol. The smallest absolute Gasteiger partial charge is 0.334 e. The Morgan fingerprint density at radius 2 is 2.10 bits per heavy atom. The molecule has 0 atom stereocenters. The van der Waals surface area contributed by atoms with Crippen LogP contribution in [0.1, 0.15) is 5.56 Å². The number of nitro groups is 1. The second-order valence-corrected chi connectivity index (χ2v) is 4.56. The van der Waals surface area contributed by atoms with Gasteiger partial charge in [-0.3, -0.25) is 14.9 Å². The molecule has 7 nitrogen and oxygen atoms in total. The number of hydrogen-bond acceptors (Lipinski definition) is 6. The van der Waals surface area contributed by atoms with Crippen molar-refractivity contribution in [1.29, 1.82) is 0 Å². The number of hydrogen-bond donors (Lipinski definition) is 1. The van der Waals surface area contributed by atoms with Gasteiger partial charge in [-0.25, -0.2) is 4.79 Å². The molecule has 0 heterocycles. The Morgan fingerprint density at radius 3 is 2.65 bits per heavy atom. The van der Waals surface area contributed by atoms with Crippen LogP contribution in [0.5, 0.6) is 0 Å². The van der Waals surface area contributed by atoms with Gasteiger partial charge in [-0.15, -0.1) is 0 Å². The van der Waals surface area contributed by atoms with Crippen LogP contribution in [0.25, 0.3) is 6.08 Å². The van der Waals surface area contributed by atoms with E-state index in [-0.39, 0.29) is 22.6 Å². The molecule has 0 spiro atoms. The lowest BCUT2D eigenvalue weighted by Gasteiger charge is -2.04. The average Bonchev–Trinajstić information content (AvgIpc) is 2.42. The van der Waals surface area contributed by atoms with E-state index >= 15 is 0 Å². The molecule has 0 saturated heterocycles. The van der Waals surface area contributed by atoms with Gasteiger partial charge in [0.1, 0.15) is 0 Å². The Balaban J connectivity index is 3.15. The third-order valence-electron chi connectivity index (χ3n) is 2.28. The molecule has 0 radical (unpaired) electrons. The van der Waals surface area contributed by atoms with Gasteiger partial charge >= 0.3 is 5.97 Å². The number of benzene rings is 1. The van der Waals surface area contributed by atoms with E-state index in [1.807, 2.05) is 0 Å². The Hall–Kier alpha value is -2.35. The highest BCUT2D eigenvalue weighted by atomic mass is 32.2. The van der Waals surface area contributed by atoms with Crippen molar-refractivity contribution in [1.82, 2.24) is 0 Å². The maximum absolute atomic E-state index is 11.6. The standard InChI is InChI=1S/C12H12N2O5S/c1-19-11(15)9(7-20-12(13)16)6-8-4-2-3-5-10(8)14(17)18/h2-6H,7H2,1H3,(H2,13,16)/b9-6+. The molecule has 20 heavy (non-hydrogen) atoms. The fraction of sp³-hybridized carbons (Fsp3) is 0.167. The highest BCUT2D eigenvalue weighted by Crippen LogP contribution is 2.22. The van der Waals surface area contributed by atoms with Crippen LogP contribution in [0.4, 0.5) is 10.5 Å². The van der Waals surface area contributed by atoms with Gasteiger partial charge in [0.2, 0.25) is 0 Å². The van der Waals surface area contributed by atoms with Crippen molar-refractivity contribution in [2.24, 2.45) is 5.73 Å². The summed E-state index contributed by atoms with van der Waals surface area (Å²) < 4.78 is 4.57. The lowest BCUT2D eigenvalue weighted by atomic mass is 10.1. The van der Waals surface area contributed by atoms with Crippen LogP contribution < -0.4 is 5.73 Å². The van der Waals surface area contributed by atoms with Crippen molar-refractivity contribution in [2.75, 3.05) is 12.9 Å². The summed E-state index contributed by atoms with van der Waals surface area (Å²) in [6.07, 6.45) is 1.32. The molecule has 0 aliphatic rings. The normalized spacial score (nSPS) is 10.9. The van der Waals surface area contributed by atoms with Crippen molar-refractivity contribution in [3.8, 4) is 0 Å². The van der Waals surface area contributed by atoms with E-state index in [4.69, 9.17) is 5.73 Å². The van der Waals surface area contributed by atoms with Gasteiger partial charge in [-0.1, -0.05) is 23.9 Å². The minimum Gasteiger partial charge on any atom is -0.466 e. The number of nitrogens with zero attached hydrogens (tertiary/aromatic N) is 1. The van der Waals surface area contributed by atoms with Crippen LogP contribution in [0.3, 0.4) is 0 Å². The topological polar surface area (TPSA) is 113 Å². The number of nitrogens with two attached hydrogens (primary N) is 1. The predicted octanol–water partition coefficient (Wildman–Crippen LogP) is 1.96. The van der Waals surface area contributed by atoms with E-state index in [9.17, 15) is 19.7 Å². The van der Waals surface area contributed by atoms with Gasteiger partial charge in [0.25, 0.3) is 10.9 Å². The fourth-order valence-electron chi connectivity index (χ4n) is 1.40. The van der Waals surface area contributed by atoms with Gasteiger partial charge in [0.15, 0.2) is 0 Å². The van der Waals surface area contributed by atoms with Crippen LogP contribution in [0.15, 0.2) is 29.8 Å². The van der Waals surface area contributed by atoms with Gasteiger partial charge in [-0.05, 0) is 12.1 Å². The first-order valence-electron chi connectivity index (χ1n) is 5.40. The maximum atomic E-state index is 11.6. The van der Waals surface area contributed by atoms with E-state index in [1.54, 1.807) is 6.07 Å². The second-order valence-electron chi connectivity index (χ2n) is 3.58. The molecule has 0 saturated carbocycles. The number of methoxy groups -OCH3 is 1. The maximum Gasteiger partial charge on any atom is 0.334 e. The highest BCUT2D eigenvalue weighted by molar-refractivity contribution is 8.13. The third kappa shape index (κ3) is 4.39. The zero-order valence-electron chi connectivity index (χ0n) is 10.6. The van der Waals surface area contributed by atoms with Gasteiger partial charge in [0.05, 0.1) is 17.6 Å². The van der Waals surface area contributed by atoms with Crippen LogP contribution >= 0.6 is 11.8 Å². The first-order valence-corrected chi connectivity index (χ1v) is 6.38. The predicted molar refractivity (Wildman–Crippen MR) is 75.1 cm³/mol. The number of rotatable bonds is 5. The number of nitro benzene ring substituents is 1. The van der Waals surface area contributed by atoms with Crippen LogP contribution in [-0.4, -0.2) is 29.0 Å². The van der Waals surface area contributed by atoms with Crippen molar-refractivity contribution in [3.05, 3.63) is 45.5 Å². The quantitative estimate of drug-likeness (QED) is 0.384. The number of esters is 1. The van der Waals surface area contributed by atoms with Crippen LogP contribution in [0, 0.1) is 10.1 Å². The molecule has 0 fully saturated rings. The first kappa shape index (κ1) is 15.7. The molecule has 0 aliphatic heterocycles. The van der Waals surface area contributed by atoms with E-state index in [0.29, 0.717) is 11.8 Å². The molecular formula is C12H12N2O5S. The summed E-state index contributed by atoms with van der Waals surface area (Å²) in [5, 5.41) is 10.2. The molecule has 0 aromatic heterocycles. The van der Waals surface area contributed by atoms with E-state index in [1.165, 1.54) is 31.4 Å². The average molecular weight is 296 g/mol. The molecule has 8 heteroatoms. The van der Waals surface area contributed by atoms with Gasteiger partial charge < -0.3 is 10.5 Å². The summed E-state index contributed by atoms with van der Waals surface area (Å²) in [7, 11) is 1.19. The Morgan fingerprint density at radius 1 is 1.45 bits per heavy atom. The zero-order valence-corrected chi connectivity index (χ0v) is 11.4. The molecule has 0 unspecified atom stereocenters. The Bertz CT molecular complexity index is 571. The fourth-order valence-corrected chi connectivity index (χ4v) is 1.90. The van der Waals surface area contributed by atoms with Crippen molar-refractivity contribution >= 4 is 34.7 Å². The minimum absolute atomic E-state index is 0.0198. The van der Waals surface area contributed by atoms with Crippen molar-refractivity contribution in [2.45, 2.75) is 0 Å². The number of primary amides is 1. The Kier molecular flexibility index (Phi) is 5.73. The molecule has 1 aromatic carbocycles. The van der Waals surface area contributed by atoms with Crippen LogP contribution in [0.2, 0.25) is 0 Å². The summed E-state index contributed by atoms with van der Waals surface area (Å²) in [5.41, 5.74) is 5.22. The SMILES string of the molecule is COC(=O)/C(=C/c1ccccc1[N+](=O)[O-])CSC(N)=O. The number of thioether (sulfide) groups is 1. The number of para-hydroxylation sites is 1. The van der Waals surface area contributed by atoms with Crippen LogP contribution in [-0.2, 0) is 9.53 Å². The van der Waals surface area contributed by atoms with Crippen molar-refractivity contribution in [3.63, 3.8) is 0 Å². The molecule has 0 aliphatic carbocycles. The molecular weight excluding hydrogens is 284 g/mol. The third-order valence-corrected chi connectivity index (χ3v) is 3.02. The molecule has 106 valence electrons. The lowest BCUT2D eigenvalue weighted by Crippen LogP contribution is -2.11. The number of amides is 1. The molecule has 1 rings (SSSR count). The summed E-state index contributed by atoms with van der Waals surface area (Å²) >= 11 is 0.716. The minimum atomic E-state index is -0.670. The summed E-state index contributed by atoms with van der Waals surface area (Å²) in [5.74, 6) is -0.689. The second kappa shape index (κ2) is 7.29. The van der Waals surface area contributed by atoms with E-state index < -0.39 is 16.1 Å². The number of carbonyl (C=O) groups is 2. The van der Waals surface area contributed by atoms with Crippen molar-refractivity contribution < 1.29 is 19.2 Å². The van der Waals surface area contributed by atoms with Gasteiger partial charge in [0, 0.05) is 17.4 Å². The summed E-state index contributed by atoms with van der Waals surface area (Å²) in [6.45, 7) is 0. The van der Waals surface area contributed by atoms with Gasteiger partial charge in [-0.2, -0.15) is 0 Å². The molecule has 2 N–H and O–H groups in total. The zero-order chi connectivity index (χ0) is 15.1. The summed E-state index contributed by atoms with van der Waals surface area (Å²) in [6, 6.07) is 5.94. The highest BCUT2D eigenvalue weighted by Gasteiger charge is 2.16. The lowest BCUT2D eigenvalue weighted by molar-refractivity contribution is -0.385. The Labute approximate surface area is 118 Å². The first-order chi connectivity index (χ1) is 9.45. The number of carbonyl (C=O) groups excluding carboxylic acids is 2. The largest absolute Gasteiger partial charge is 0.466 e. The number of ether oxygens (including phenoxy) is 1. The molecule has 1 aromatic rings. The molecule has 0 bridgehead atoms. The summed E-state index contributed by atoms with van der Waals surface area (Å²) in [4.78, 5) is 32.7.